The summed E-state index contributed by atoms with van der Waals surface area (Å²) in [7, 11) is 1.82. The normalized spacial score (nSPS) is 10.3. The molecule has 18 heavy (non-hydrogen) atoms. The second-order valence-corrected chi connectivity index (χ2v) is 4.76. The first kappa shape index (κ1) is 12.8. The molecule has 0 saturated carbocycles. The molecule has 0 bridgehead atoms. The Morgan fingerprint density at radius 3 is 2.72 bits per heavy atom. The van der Waals surface area contributed by atoms with Gasteiger partial charge in [-0.15, -0.1) is 0 Å². The largest absolute Gasteiger partial charge is 0.352 e. The molecule has 0 spiro atoms. The molecule has 0 fully saturated rings. The minimum Gasteiger partial charge on any atom is -0.352 e. The van der Waals surface area contributed by atoms with Gasteiger partial charge in [-0.2, -0.15) is 5.10 Å². The van der Waals surface area contributed by atoms with Gasteiger partial charge >= 0.3 is 0 Å². The Balaban J connectivity index is 1.83. The van der Waals surface area contributed by atoms with Crippen LogP contribution in [0.2, 0.25) is 0 Å². The Morgan fingerprint density at radius 2 is 2.11 bits per heavy atom. The number of carbonyl (C=O) groups is 1. The van der Waals surface area contributed by atoms with Gasteiger partial charge in [-0.25, -0.2) is 4.98 Å². The monoisotopic (exact) mass is 308 g/mol. The van der Waals surface area contributed by atoms with Crippen LogP contribution in [0, 0.1) is 0 Å². The van der Waals surface area contributed by atoms with Gasteiger partial charge < -0.3 is 5.32 Å². The highest BCUT2D eigenvalue weighted by molar-refractivity contribution is 9.10. The molecule has 1 N–H and O–H groups in total. The summed E-state index contributed by atoms with van der Waals surface area (Å²) >= 11 is 3.33. The maximum absolute atomic E-state index is 11.8. The van der Waals surface area contributed by atoms with E-state index < -0.39 is 0 Å². The molecule has 1 aromatic carbocycles. The third-order valence-electron chi connectivity index (χ3n) is 2.39. The van der Waals surface area contributed by atoms with Gasteiger partial charge in [-0.3, -0.25) is 9.48 Å². The molecule has 1 heterocycles. The first-order valence-electron chi connectivity index (χ1n) is 5.53. The van der Waals surface area contributed by atoms with Crippen molar-refractivity contribution in [2.24, 2.45) is 7.05 Å². The van der Waals surface area contributed by atoms with Crippen LogP contribution in [0.1, 0.15) is 16.2 Å². The van der Waals surface area contributed by atoms with Gasteiger partial charge in [0.05, 0.1) is 0 Å². The lowest BCUT2D eigenvalue weighted by Crippen LogP contribution is -2.25. The van der Waals surface area contributed by atoms with Crippen LogP contribution in [0.5, 0.6) is 0 Å². The number of carbonyl (C=O) groups excluding carboxylic acids is 1. The van der Waals surface area contributed by atoms with E-state index in [0.29, 0.717) is 18.5 Å². The number of rotatable bonds is 4. The summed E-state index contributed by atoms with van der Waals surface area (Å²) in [6.07, 6.45) is 2.27. The van der Waals surface area contributed by atoms with E-state index in [9.17, 15) is 4.79 Å². The average Bonchev–Trinajstić information content (AvgIpc) is 2.76. The summed E-state index contributed by atoms with van der Waals surface area (Å²) in [4.78, 5) is 15.9. The lowest BCUT2D eigenvalue weighted by molar-refractivity contribution is 0.0954. The molecular formula is C12H13BrN4O. The number of hydrogen-bond donors (Lipinski definition) is 1. The van der Waals surface area contributed by atoms with Crippen LogP contribution in [0.15, 0.2) is 35.1 Å². The second-order valence-electron chi connectivity index (χ2n) is 3.85. The van der Waals surface area contributed by atoms with E-state index in [1.165, 1.54) is 0 Å². The minimum atomic E-state index is -0.0848. The Hall–Kier alpha value is -1.69. The van der Waals surface area contributed by atoms with Crippen molar-refractivity contribution in [1.29, 1.82) is 0 Å². The molecule has 94 valence electrons. The molecule has 0 atom stereocenters. The SMILES string of the molecule is Cn1cnc(CCNC(=O)c2ccc(Br)cc2)n1. The van der Waals surface area contributed by atoms with E-state index in [-0.39, 0.29) is 5.91 Å². The first-order chi connectivity index (χ1) is 8.65. The maximum Gasteiger partial charge on any atom is 0.251 e. The Bertz CT molecular complexity index is 535. The smallest absolute Gasteiger partial charge is 0.251 e. The lowest BCUT2D eigenvalue weighted by atomic mass is 10.2. The number of aromatic nitrogens is 3. The first-order valence-corrected chi connectivity index (χ1v) is 6.33. The predicted octanol–water partition coefficient (Wildman–Crippen LogP) is 1.55. The van der Waals surface area contributed by atoms with Crippen LogP contribution in [0.3, 0.4) is 0 Å². The quantitative estimate of drug-likeness (QED) is 0.932. The lowest BCUT2D eigenvalue weighted by Gasteiger charge is -2.03. The van der Waals surface area contributed by atoms with E-state index in [4.69, 9.17) is 0 Å². The van der Waals surface area contributed by atoms with Gasteiger partial charge in [-0.1, -0.05) is 15.9 Å². The standard InChI is InChI=1S/C12H13BrN4O/c1-17-8-15-11(16-17)6-7-14-12(18)9-2-4-10(13)5-3-9/h2-5,8H,6-7H2,1H3,(H,14,18). The highest BCUT2D eigenvalue weighted by Crippen LogP contribution is 2.10. The molecule has 2 aromatic rings. The summed E-state index contributed by atoms with van der Waals surface area (Å²) in [5.74, 6) is 0.645. The number of amides is 1. The van der Waals surface area contributed by atoms with Gasteiger partial charge in [-0.05, 0) is 24.3 Å². The fourth-order valence-electron chi connectivity index (χ4n) is 1.49. The maximum atomic E-state index is 11.8. The van der Waals surface area contributed by atoms with Crippen LogP contribution < -0.4 is 5.32 Å². The zero-order valence-electron chi connectivity index (χ0n) is 9.93. The highest BCUT2D eigenvalue weighted by atomic mass is 79.9. The Labute approximate surface area is 113 Å². The number of nitrogens with zero attached hydrogens (tertiary/aromatic N) is 3. The zero-order chi connectivity index (χ0) is 13.0. The third-order valence-corrected chi connectivity index (χ3v) is 2.92. The molecule has 6 heteroatoms. The predicted molar refractivity (Wildman–Crippen MR) is 71.2 cm³/mol. The summed E-state index contributed by atoms with van der Waals surface area (Å²) in [6, 6.07) is 7.24. The van der Waals surface area contributed by atoms with Crippen molar-refractivity contribution >= 4 is 21.8 Å². The minimum absolute atomic E-state index is 0.0848. The average molecular weight is 309 g/mol. The fourth-order valence-corrected chi connectivity index (χ4v) is 1.75. The van der Waals surface area contributed by atoms with Gasteiger partial charge in [0.2, 0.25) is 0 Å². The summed E-state index contributed by atoms with van der Waals surface area (Å²) in [5.41, 5.74) is 0.646. The summed E-state index contributed by atoms with van der Waals surface area (Å²) < 4.78 is 2.60. The summed E-state index contributed by atoms with van der Waals surface area (Å²) in [5, 5.41) is 6.97. The molecule has 0 aliphatic heterocycles. The van der Waals surface area contributed by atoms with Gasteiger partial charge in [0.15, 0.2) is 5.82 Å². The van der Waals surface area contributed by atoms with Gasteiger partial charge in [0.25, 0.3) is 5.91 Å². The van der Waals surface area contributed by atoms with Crippen LogP contribution >= 0.6 is 15.9 Å². The van der Waals surface area contributed by atoms with E-state index in [1.54, 1.807) is 23.1 Å². The highest BCUT2D eigenvalue weighted by Gasteiger charge is 2.05. The van der Waals surface area contributed by atoms with Crippen LogP contribution in [-0.4, -0.2) is 27.2 Å². The van der Waals surface area contributed by atoms with E-state index in [2.05, 4.69) is 31.3 Å². The van der Waals surface area contributed by atoms with Crippen molar-refractivity contribution in [2.45, 2.75) is 6.42 Å². The Kier molecular flexibility index (Phi) is 4.09. The topological polar surface area (TPSA) is 59.8 Å². The molecular weight excluding hydrogens is 296 g/mol. The van der Waals surface area contributed by atoms with Crippen molar-refractivity contribution in [2.75, 3.05) is 6.54 Å². The number of benzene rings is 1. The Morgan fingerprint density at radius 1 is 1.39 bits per heavy atom. The van der Waals surface area contributed by atoms with E-state index >= 15 is 0 Å². The van der Waals surface area contributed by atoms with Crippen LogP contribution in [-0.2, 0) is 13.5 Å². The number of halogens is 1. The molecule has 0 aliphatic rings. The van der Waals surface area contributed by atoms with Crippen molar-refractivity contribution in [3.05, 3.63) is 46.5 Å². The molecule has 5 nitrogen and oxygen atoms in total. The second kappa shape index (κ2) is 5.77. The molecule has 2 rings (SSSR count). The number of nitrogens with one attached hydrogen (secondary N) is 1. The number of aryl methyl sites for hydroxylation is 1. The van der Waals surface area contributed by atoms with Crippen LogP contribution in [0.4, 0.5) is 0 Å². The fraction of sp³-hybridized carbons (Fsp3) is 0.250. The van der Waals surface area contributed by atoms with Crippen molar-refractivity contribution < 1.29 is 4.79 Å². The van der Waals surface area contributed by atoms with Crippen molar-refractivity contribution in [3.8, 4) is 0 Å². The third kappa shape index (κ3) is 3.40. The molecule has 0 radical (unpaired) electrons. The van der Waals surface area contributed by atoms with Crippen molar-refractivity contribution in [1.82, 2.24) is 20.1 Å². The molecule has 0 unspecified atom stereocenters. The van der Waals surface area contributed by atoms with Crippen LogP contribution in [0.25, 0.3) is 0 Å². The van der Waals surface area contributed by atoms with Gasteiger partial charge in [0.1, 0.15) is 6.33 Å². The van der Waals surface area contributed by atoms with Gasteiger partial charge in [0, 0.05) is 30.0 Å². The summed E-state index contributed by atoms with van der Waals surface area (Å²) in [6.45, 7) is 0.527. The molecule has 0 aliphatic carbocycles. The van der Waals surface area contributed by atoms with Crippen molar-refractivity contribution in [3.63, 3.8) is 0 Å². The van der Waals surface area contributed by atoms with E-state index in [1.807, 2.05) is 19.2 Å². The number of hydrogen-bond acceptors (Lipinski definition) is 3. The zero-order valence-corrected chi connectivity index (χ0v) is 11.5. The molecule has 1 amide bonds. The molecule has 1 aromatic heterocycles. The molecule has 0 saturated heterocycles. The van der Waals surface area contributed by atoms with E-state index in [0.717, 1.165) is 10.3 Å².